The Morgan fingerprint density at radius 1 is 1.12 bits per heavy atom. The summed E-state index contributed by atoms with van der Waals surface area (Å²) in [6.45, 7) is 8.63. The van der Waals surface area contributed by atoms with Crippen LogP contribution in [0.2, 0.25) is 0 Å². The smallest absolute Gasteiger partial charge is 0.257 e. The van der Waals surface area contributed by atoms with Gasteiger partial charge < -0.3 is 15.0 Å². The van der Waals surface area contributed by atoms with E-state index < -0.39 is 0 Å². The zero-order valence-electron chi connectivity index (χ0n) is 18.6. The van der Waals surface area contributed by atoms with Crippen molar-refractivity contribution in [1.29, 1.82) is 0 Å². The second kappa shape index (κ2) is 10.6. The number of aromatic nitrogens is 2. The minimum atomic E-state index is 0.00751. The fourth-order valence-corrected chi connectivity index (χ4v) is 4.44. The maximum Gasteiger partial charge on any atom is 0.257 e. The van der Waals surface area contributed by atoms with Crippen LogP contribution < -0.4 is 10.1 Å². The van der Waals surface area contributed by atoms with Gasteiger partial charge in [-0.15, -0.1) is 11.3 Å². The largest absolute Gasteiger partial charge is 0.494 e. The van der Waals surface area contributed by atoms with Crippen molar-refractivity contribution in [2.45, 2.75) is 26.8 Å². The lowest BCUT2D eigenvalue weighted by Crippen LogP contribution is -2.48. The minimum absolute atomic E-state index is 0.00751. The van der Waals surface area contributed by atoms with Gasteiger partial charge in [0.05, 0.1) is 22.9 Å². The molecule has 4 rings (SSSR count). The Morgan fingerprint density at radius 3 is 2.59 bits per heavy atom. The van der Waals surface area contributed by atoms with E-state index >= 15 is 0 Å². The van der Waals surface area contributed by atoms with Crippen molar-refractivity contribution in [3.63, 3.8) is 0 Å². The topological polar surface area (TPSA) is 70.6 Å². The number of hydrogen-bond donors (Lipinski definition) is 1. The van der Waals surface area contributed by atoms with Crippen LogP contribution in [-0.4, -0.2) is 58.5 Å². The molecule has 32 heavy (non-hydrogen) atoms. The Kier molecular flexibility index (Phi) is 7.34. The number of piperazine rings is 1. The summed E-state index contributed by atoms with van der Waals surface area (Å²) in [5, 5.41) is 6.60. The number of anilines is 2. The number of nitrogens with one attached hydrogen (secondary N) is 1. The van der Waals surface area contributed by atoms with Gasteiger partial charge in [-0.05, 0) is 49.7 Å². The molecule has 3 aromatic rings. The van der Waals surface area contributed by atoms with Gasteiger partial charge in [0, 0.05) is 50.0 Å². The number of aryl methyl sites for hydroxylation is 1. The number of rotatable bonds is 8. The lowest BCUT2D eigenvalue weighted by atomic mass is 10.2. The summed E-state index contributed by atoms with van der Waals surface area (Å²) in [6, 6.07) is 11.3. The molecule has 1 aliphatic heterocycles. The summed E-state index contributed by atoms with van der Waals surface area (Å²) in [5.41, 5.74) is 2.57. The molecule has 0 radical (unpaired) electrons. The monoisotopic (exact) mass is 451 g/mol. The molecular weight excluding hydrogens is 422 g/mol. The molecule has 0 atom stereocenters. The number of carbonyl (C=O) groups is 1. The third kappa shape index (κ3) is 5.44. The molecule has 1 N–H and O–H groups in total. The van der Waals surface area contributed by atoms with Crippen LogP contribution in [0.5, 0.6) is 5.75 Å². The fraction of sp³-hybridized carbons (Fsp3) is 0.375. The van der Waals surface area contributed by atoms with Crippen molar-refractivity contribution in [3.8, 4) is 5.75 Å². The molecule has 1 fully saturated rings. The molecule has 0 aliphatic carbocycles. The molecule has 8 heteroatoms. The Bertz CT molecular complexity index is 1030. The molecule has 168 valence electrons. The van der Waals surface area contributed by atoms with Crippen LogP contribution in [0.4, 0.5) is 11.5 Å². The average Bonchev–Trinajstić information content (AvgIpc) is 3.28. The first-order valence-corrected chi connectivity index (χ1v) is 11.9. The molecule has 1 amide bonds. The van der Waals surface area contributed by atoms with Crippen molar-refractivity contribution in [3.05, 3.63) is 64.2 Å². The van der Waals surface area contributed by atoms with Crippen LogP contribution in [0.15, 0.2) is 48.0 Å². The number of hydrogen-bond acceptors (Lipinski definition) is 7. The lowest BCUT2D eigenvalue weighted by molar-refractivity contribution is 0.0628. The van der Waals surface area contributed by atoms with Crippen molar-refractivity contribution < 1.29 is 9.53 Å². The number of amides is 1. The van der Waals surface area contributed by atoms with E-state index in [4.69, 9.17) is 4.74 Å². The third-order valence-corrected chi connectivity index (χ3v) is 6.46. The van der Waals surface area contributed by atoms with E-state index in [-0.39, 0.29) is 5.91 Å². The minimum Gasteiger partial charge on any atom is -0.494 e. The van der Waals surface area contributed by atoms with E-state index in [1.807, 2.05) is 42.2 Å². The number of pyridine rings is 1. The van der Waals surface area contributed by atoms with E-state index in [2.05, 4.69) is 32.5 Å². The van der Waals surface area contributed by atoms with Crippen LogP contribution in [0.3, 0.4) is 0 Å². The highest BCUT2D eigenvalue weighted by Crippen LogP contribution is 2.23. The third-order valence-electron chi connectivity index (χ3n) is 5.41. The van der Waals surface area contributed by atoms with Crippen molar-refractivity contribution >= 4 is 28.7 Å². The summed E-state index contributed by atoms with van der Waals surface area (Å²) in [6.07, 6.45) is 2.68. The maximum atomic E-state index is 13.3. The van der Waals surface area contributed by atoms with E-state index in [1.165, 1.54) is 5.01 Å². The van der Waals surface area contributed by atoms with Crippen LogP contribution in [0.25, 0.3) is 0 Å². The first kappa shape index (κ1) is 22.2. The molecule has 1 aliphatic rings. The van der Waals surface area contributed by atoms with Gasteiger partial charge in [0.1, 0.15) is 11.6 Å². The Morgan fingerprint density at radius 2 is 1.91 bits per heavy atom. The molecule has 0 saturated carbocycles. The summed E-state index contributed by atoms with van der Waals surface area (Å²) < 4.78 is 5.49. The zero-order valence-corrected chi connectivity index (χ0v) is 19.4. The van der Waals surface area contributed by atoms with Gasteiger partial charge in [-0.2, -0.15) is 0 Å². The normalized spacial score (nSPS) is 14.4. The van der Waals surface area contributed by atoms with E-state index in [9.17, 15) is 4.79 Å². The Hall–Kier alpha value is -2.97. The van der Waals surface area contributed by atoms with Gasteiger partial charge in [-0.1, -0.05) is 6.92 Å². The van der Waals surface area contributed by atoms with Gasteiger partial charge in [-0.25, -0.2) is 9.97 Å². The first-order valence-electron chi connectivity index (χ1n) is 11.1. The molecule has 0 bridgehead atoms. The molecule has 0 spiro atoms. The van der Waals surface area contributed by atoms with Crippen molar-refractivity contribution in [2.75, 3.05) is 38.1 Å². The van der Waals surface area contributed by atoms with Crippen LogP contribution in [0.1, 0.15) is 34.9 Å². The maximum absolute atomic E-state index is 13.3. The van der Waals surface area contributed by atoms with Crippen molar-refractivity contribution in [2.24, 2.45) is 0 Å². The second-order valence-electron chi connectivity index (χ2n) is 7.64. The van der Waals surface area contributed by atoms with Crippen LogP contribution in [-0.2, 0) is 13.0 Å². The predicted octanol–water partition coefficient (Wildman–Crippen LogP) is 4.20. The SMILES string of the molecule is CCOc1ccc(Nc2ncccc2C(=O)N2CCN(Cc3csc(CC)n3)CC2)cc1. The van der Waals surface area contributed by atoms with Crippen LogP contribution >= 0.6 is 11.3 Å². The van der Waals surface area contributed by atoms with E-state index in [0.717, 1.165) is 43.2 Å². The van der Waals surface area contributed by atoms with Gasteiger partial charge in [0.15, 0.2) is 0 Å². The standard InChI is InChI=1S/C24H29N5O2S/c1-3-22-26-19(17-32-22)16-28-12-14-29(15-13-28)24(30)21-6-5-11-25-23(21)27-18-7-9-20(10-8-18)31-4-2/h5-11,17H,3-4,12-16H2,1-2H3,(H,25,27). The molecule has 3 heterocycles. The number of benzene rings is 1. The highest BCUT2D eigenvalue weighted by molar-refractivity contribution is 7.09. The molecule has 0 unspecified atom stereocenters. The number of thiazole rings is 1. The quantitative estimate of drug-likeness (QED) is 0.554. The molecule has 2 aromatic heterocycles. The Balaban J connectivity index is 1.37. The summed E-state index contributed by atoms with van der Waals surface area (Å²) >= 11 is 1.72. The molecule has 1 aromatic carbocycles. The summed E-state index contributed by atoms with van der Waals surface area (Å²) in [5.74, 6) is 1.39. The van der Waals surface area contributed by atoms with Gasteiger partial charge in [0.2, 0.25) is 0 Å². The first-order chi connectivity index (χ1) is 15.7. The summed E-state index contributed by atoms with van der Waals surface area (Å²) in [7, 11) is 0. The summed E-state index contributed by atoms with van der Waals surface area (Å²) in [4.78, 5) is 26.6. The number of carbonyl (C=O) groups excluding carboxylic acids is 1. The highest BCUT2D eigenvalue weighted by atomic mass is 32.1. The molecule has 1 saturated heterocycles. The van der Waals surface area contributed by atoms with Gasteiger partial charge >= 0.3 is 0 Å². The lowest BCUT2D eigenvalue weighted by Gasteiger charge is -2.34. The molecular formula is C24H29N5O2S. The van der Waals surface area contributed by atoms with Gasteiger partial charge in [-0.3, -0.25) is 9.69 Å². The van der Waals surface area contributed by atoms with Gasteiger partial charge in [0.25, 0.3) is 5.91 Å². The predicted molar refractivity (Wildman–Crippen MR) is 128 cm³/mol. The number of nitrogens with zero attached hydrogens (tertiary/aromatic N) is 4. The highest BCUT2D eigenvalue weighted by Gasteiger charge is 2.24. The zero-order chi connectivity index (χ0) is 22.3. The van der Waals surface area contributed by atoms with E-state index in [0.29, 0.717) is 31.1 Å². The fourth-order valence-electron chi connectivity index (χ4n) is 3.71. The van der Waals surface area contributed by atoms with E-state index in [1.54, 1.807) is 23.6 Å². The number of ether oxygens (including phenoxy) is 1. The average molecular weight is 452 g/mol. The van der Waals surface area contributed by atoms with Crippen LogP contribution in [0, 0.1) is 0 Å². The van der Waals surface area contributed by atoms with Crippen molar-refractivity contribution in [1.82, 2.24) is 19.8 Å². The Labute approximate surface area is 193 Å². The molecule has 7 nitrogen and oxygen atoms in total. The second-order valence-corrected chi connectivity index (χ2v) is 8.58.